The molecule has 0 saturated carbocycles. The zero-order valence-electron chi connectivity index (χ0n) is 22.2. The van der Waals surface area contributed by atoms with Gasteiger partial charge in [-0.05, 0) is 37.3 Å². The quantitative estimate of drug-likeness (QED) is 0.525. The number of hydrogen-bond acceptors (Lipinski definition) is 6. The molecule has 2 amide bonds. The standard InChI is InChI=1S/C27H33F2N7O3/c1-30-27(37)34-9-5-22-21(16-34)25(32-36(22)19-6-10-38-11-7-19)35-8-3-4-17-12-20(18-14-31-33(2)15-18)24(13-23(17)35)39-26(28)29/h12-15,19,26H,3-11,16H2,1-2H3,(H,30,37). The third kappa shape index (κ3) is 4.81. The first-order chi connectivity index (χ1) is 18.9. The minimum absolute atomic E-state index is 0.105. The maximum Gasteiger partial charge on any atom is 0.387 e. The topological polar surface area (TPSA) is 89.7 Å². The number of fused-ring (bicyclic) bond motifs is 2. The molecule has 1 aromatic carbocycles. The number of aromatic nitrogens is 4. The summed E-state index contributed by atoms with van der Waals surface area (Å²) in [6, 6.07) is 3.75. The Morgan fingerprint density at radius 2 is 2.03 bits per heavy atom. The number of ether oxygens (including phenoxy) is 2. The number of urea groups is 1. The van der Waals surface area contributed by atoms with Crippen LogP contribution in [0.4, 0.5) is 25.1 Å². The lowest BCUT2D eigenvalue weighted by atomic mass is 9.95. The van der Waals surface area contributed by atoms with Crippen LogP contribution in [0, 0.1) is 0 Å². The number of aryl methyl sites for hydroxylation is 2. The number of hydrogen-bond donors (Lipinski definition) is 1. The molecule has 2 aromatic heterocycles. The Morgan fingerprint density at radius 1 is 1.21 bits per heavy atom. The molecule has 6 rings (SSSR count). The summed E-state index contributed by atoms with van der Waals surface area (Å²) < 4.78 is 41.5. The van der Waals surface area contributed by atoms with Gasteiger partial charge in [0.1, 0.15) is 5.75 Å². The number of nitrogens with zero attached hydrogens (tertiary/aromatic N) is 6. The third-order valence-corrected chi connectivity index (χ3v) is 7.89. The van der Waals surface area contributed by atoms with E-state index in [1.165, 1.54) is 0 Å². The molecule has 3 aliphatic rings. The van der Waals surface area contributed by atoms with Crippen LogP contribution in [0.25, 0.3) is 11.1 Å². The summed E-state index contributed by atoms with van der Waals surface area (Å²) in [5.41, 5.74) is 5.30. The molecular formula is C27H33F2N7O3. The molecule has 39 heavy (non-hydrogen) atoms. The number of alkyl halides is 2. The van der Waals surface area contributed by atoms with E-state index in [1.807, 2.05) is 6.07 Å². The van der Waals surface area contributed by atoms with Gasteiger partial charge in [-0.1, -0.05) is 0 Å². The summed E-state index contributed by atoms with van der Waals surface area (Å²) in [5, 5.41) is 12.1. The lowest BCUT2D eigenvalue weighted by Crippen LogP contribution is -2.42. The van der Waals surface area contributed by atoms with Crippen LogP contribution in [0.2, 0.25) is 0 Å². The fourth-order valence-electron chi connectivity index (χ4n) is 6.02. The normalized spacial score (nSPS) is 17.8. The van der Waals surface area contributed by atoms with E-state index in [0.717, 1.165) is 59.6 Å². The van der Waals surface area contributed by atoms with Crippen molar-refractivity contribution in [3.05, 3.63) is 41.3 Å². The van der Waals surface area contributed by atoms with Crippen molar-refractivity contribution in [3.8, 4) is 16.9 Å². The minimum atomic E-state index is -2.96. The fraction of sp³-hybridized carbons (Fsp3) is 0.519. The van der Waals surface area contributed by atoms with Crippen molar-refractivity contribution in [3.63, 3.8) is 0 Å². The van der Waals surface area contributed by atoms with Crippen LogP contribution in [0.1, 0.15) is 42.1 Å². The molecule has 0 spiro atoms. The van der Waals surface area contributed by atoms with Crippen molar-refractivity contribution in [2.24, 2.45) is 7.05 Å². The Labute approximate surface area is 225 Å². The van der Waals surface area contributed by atoms with Crippen molar-refractivity contribution in [1.29, 1.82) is 0 Å². The summed E-state index contributed by atoms with van der Waals surface area (Å²) in [6.07, 6.45) is 7.59. The van der Waals surface area contributed by atoms with Gasteiger partial charge in [-0.15, -0.1) is 0 Å². The molecule has 5 heterocycles. The monoisotopic (exact) mass is 541 g/mol. The van der Waals surface area contributed by atoms with Crippen LogP contribution < -0.4 is 15.0 Å². The number of nitrogens with one attached hydrogen (secondary N) is 1. The van der Waals surface area contributed by atoms with E-state index in [4.69, 9.17) is 14.6 Å². The second kappa shape index (κ2) is 10.5. The van der Waals surface area contributed by atoms with E-state index < -0.39 is 6.61 Å². The number of rotatable bonds is 5. The van der Waals surface area contributed by atoms with E-state index >= 15 is 0 Å². The lowest BCUT2D eigenvalue weighted by Gasteiger charge is -2.33. The van der Waals surface area contributed by atoms with Gasteiger partial charge in [0.25, 0.3) is 0 Å². The Balaban J connectivity index is 1.46. The highest BCUT2D eigenvalue weighted by Crippen LogP contribution is 2.44. The highest BCUT2D eigenvalue weighted by atomic mass is 19.3. The van der Waals surface area contributed by atoms with E-state index in [2.05, 4.69) is 20.0 Å². The average molecular weight is 542 g/mol. The molecule has 208 valence electrons. The molecule has 1 N–H and O–H groups in total. The number of benzene rings is 1. The van der Waals surface area contributed by atoms with Gasteiger partial charge in [0.2, 0.25) is 0 Å². The Morgan fingerprint density at radius 3 is 2.74 bits per heavy atom. The fourth-order valence-corrected chi connectivity index (χ4v) is 6.02. The molecule has 0 radical (unpaired) electrons. The Bertz CT molecular complexity index is 1370. The smallest absolute Gasteiger partial charge is 0.387 e. The van der Waals surface area contributed by atoms with E-state index in [0.29, 0.717) is 44.8 Å². The molecule has 3 aliphatic heterocycles. The first-order valence-electron chi connectivity index (χ1n) is 13.5. The minimum Gasteiger partial charge on any atom is -0.434 e. The lowest BCUT2D eigenvalue weighted by molar-refractivity contribution is -0.0494. The molecule has 0 atom stereocenters. The first kappa shape index (κ1) is 25.6. The summed E-state index contributed by atoms with van der Waals surface area (Å²) >= 11 is 0. The van der Waals surface area contributed by atoms with Crippen molar-refractivity contribution >= 4 is 17.5 Å². The maximum absolute atomic E-state index is 13.5. The molecule has 0 bridgehead atoms. The summed E-state index contributed by atoms with van der Waals surface area (Å²) in [6.45, 7) is 0.155. The number of carbonyl (C=O) groups is 1. The van der Waals surface area contributed by atoms with Crippen LogP contribution in [0.5, 0.6) is 5.75 Å². The molecule has 0 unspecified atom stereocenters. The molecule has 0 aliphatic carbocycles. The zero-order valence-corrected chi connectivity index (χ0v) is 22.2. The molecule has 10 nitrogen and oxygen atoms in total. The first-order valence-corrected chi connectivity index (χ1v) is 13.5. The second-order valence-electron chi connectivity index (χ2n) is 10.3. The molecule has 1 fully saturated rings. The molecule has 1 saturated heterocycles. The van der Waals surface area contributed by atoms with E-state index in [1.54, 1.807) is 42.1 Å². The van der Waals surface area contributed by atoms with Gasteiger partial charge in [0, 0.05) is 87.2 Å². The van der Waals surface area contributed by atoms with Gasteiger partial charge in [-0.2, -0.15) is 19.0 Å². The van der Waals surface area contributed by atoms with Gasteiger partial charge in [0.05, 0.1) is 18.8 Å². The second-order valence-corrected chi connectivity index (χ2v) is 10.3. The Hall–Kier alpha value is -3.67. The van der Waals surface area contributed by atoms with Gasteiger partial charge in [-0.25, -0.2) is 4.79 Å². The maximum atomic E-state index is 13.5. The Kier molecular flexibility index (Phi) is 6.88. The van der Waals surface area contributed by atoms with Gasteiger partial charge in [0.15, 0.2) is 5.82 Å². The van der Waals surface area contributed by atoms with Crippen molar-refractivity contribution in [1.82, 2.24) is 29.8 Å². The SMILES string of the molecule is CNC(=O)N1CCc2c(c(N3CCCc4cc(-c5cnn(C)c5)c(OC(F)F)cc43)nn2C2CCOCC2)C1. The summed E-state index contributed by atoms with van der Waals surface area (Å²) in [4.78, 5) is 16.5. The van der Waals surface area contributed by atoms with Crippen molar-refractivity contribution in [2.75, 3.05) is 38.3 Å². The predicted octanol–water partition coefficient (Wildman–Crippen LogP) is 4.02. The zero-order chi connectivity index (χ0) is 27.1. The highest BCUT2D eigenvalue weighted by Gasteiger charge is 2.34. The number of carbonyl (C=O) groups excluding carboxylic acids is 1. The summed E-state index contributed by atoms with van der Waals surface area (Å²) in [7, 11) is 3.42. The number of amides is 2. The van der Waals surface area contributed by atoms with Crippen LogP contribution in [-0.4, -0.2) is 70.5 Å². The van der Waals surface area contributed by atoms with E-state index in [-0.39, 0.29) is 17.8 Å². The molecule has 3 aromatic rings. The molecular weight excluding hydrogens is 508 g/mol. The number of halogens is 2. The van der Waals surface area contributed by atoms with Gasteiger partial charge in [-0.3, -0.25) is 9.36 Å². The van der Waals surface area contributed by atoms with Crippen LogP contribution in [0.15, 0.2) is 24.5 Å². The van der Waals surface area contributed by atoms with Gasteiger partial charge < -0.3 is 24.6 Å². The average Bonchev–Trinajstić information content (AvgIpc) is 3.55. The molecule has 12 heteroatoms. The summed E-state index contributed by atoms with van der Waals surface area (Å²) in [5.74, 6) is 0.886. The third-order valence-electron chi connectivity index (χ3n) is 7.89. The van der Waals surface area contributed by atoms with Crippen molar-refractivity contribution in [2.45, 2.75) is 51.3 Å². The van der Waals surface area contributed by atoms with Crippen LogP contribution >= 0.6 is 0 Å². The van der Waals surface area contributed by atoms with Crippen molar-refractivity contribution < 1.29 is 23.0 Å². The van der Waals surface area contributed by atoms with E-state index in [9.17, 15) is 13.6 Å². The number of anilines is 2. The predicted molar refractivity (Wildman–Crippen MR) is 140 cm³/mol. The van der Waals surface area contributed by atoms with Gasteiger partial charge >= 0.3 is 12.6 Å². The van der Waals surface area contributed by atoms with Crippen LogP contribution in [0.3, 0.4) is 0 Å². The highest BCUT2D eigenvalue weighted by molar-refractivity contribution is 5.79. The van der Waals surface area contributed by atoms with Crippen LogP contribution in [-0.2, 0) is 31.2 Å². The largest absolute Gasteiger partial charge is 0.434 e.